The highest BCUT2D eigenvalue weighted by Gasteiger charge is 2.14. The highest BCUT2D eigenvalue weighted by Crippen LogP contribution is 2.32. The minimum atomic E-state index is 0.651. The average molecular weight is 410 g/mol. The zero-order valence-electron chi connectivity index (χ0n) is 17.4. The fourth-order valence-corrected chi connectivity index (χ4v) is 3.78. The van der Waals surface area contributed by atoms with Gasteiger partial charge in [0, 0.05) is 36.1 Å². The summed E-state index contributed by atoms with van der Waals surface area (Å²) in [7, 11) is 2.05. The summed E-state index contributed by atoms with van der Waals surface area (Å²) < 4.78 is 1.87. The first-order valence-corrected chi connectivity index (χ1v) is 10.3. The molecule has 3 aromatic heterocycles. The van der Waals surface area contributed by atoms with Gasteiger partial charge in [0.25, 0.3) is 0 Å². The van der Waals surface area contributed by atoms with Gasteiger partial charge in [0.1, 0.15) is 5.82 Å². The van der Waals surface area contributed by atoms with Crippen LogP contribution in [0.3, 0.4) is 0 Å². The molecule has 0 aliphatic rings. The lowest BCUT2D eigenvalue weighted by molar-refractivity contribution is 0.850. The van der Waals surface area contributed by atoms with Crippen LogP contribution in [0.15, 0.2) is 66.9 Å². The summed E-state index contributed by atoms with van der Waals surface area (Å²) in [6.45, 7) is 2.16. The first kappa shape index (κ1) is 18.9. The molecule has 1 N–H and O–H groups in total. The highest BCUT2D eigenvalue weighted by atomic mass is 15.5. The van der Waals surface area contributed by atoms with Gasteiger partial charge in [-0.15, -0.1) is 5.10 Å². The molecule has 8 nitrogen and oxygen atoms in total. The third kappa shape index (κ3) is 3.52. The number of nitrogens with zero attached hydrogens (tertiary/aromatic N) is 7. The van der Waals surface area contributed by atoms with Gasteiger partial charge in [-0.2, -0.15) is 9.61 Å². The third-order valence-electron chi connectivity index (χ3n) is 5.34. The smallest absolute Gasteiger partial charge is 0.180 e. The Labute approximate surface area is 179 Å². The van der Waals surface area contributed by atoms with Crippen molar-refractivity contribution in [1.82, 2.24) is 35.2 Å². The molecular formula is C23H22N8. The Kier molecular flexibility index (Phi) is 4.87. The van der Waals surface area contributed by atoms with E-state index in [0.29, 0.717) is 5.82 Å². The van der Waals surface area contributed by atoms with Crippen molar-refractivity contribution in [3.63, 3.8) is 0 Å². The minimum Gasteiger partial charge on any atom is -0.329 e. The molecule has 5 rings (SSSR count). The topological polar surface area (TPSA) is 87.9 Å². The minimum absolute atomic E-state index is 0.651. The summed E-state index contributed by atoms with van der Waals surface area (Å²) >= 11 is 0. The van der Waals surface area contributed by atoms with Gasteiger partial charge in [-0.25, -0.2) is 10.1 Å². The summed E-state index contributed by atoms with van der Waals surface area (Å²) in [4.78, 5) is 6.84. The maximum absolute atomic E-state index is 4.70. The molecular weight excluding hydrogens is 388 g/mol. The van der Waals surface area contributed by atoms with E-state index in [1.165, 1.54) is 0 Å². The van der Waals surface area contributed by atoms with Crippen LogP contribution < -0.4 is 4.90 Å². The number of anilines is 2. The van der Waals surface area contributed by atoms with Crippen LogP contribution in [0.5, 0.6) is 0 Å². The maximum Gasteiger partial charge on any atom is 0.180 e. The Hall–Kier alpha value is -4.07. The van der Waals surface area contributed by atoms with Gasteiger partial charge in [0.2, 0.25) is 0 Å². The summed E-state index contributed by atoms with van der Waals surface area (Å²) in [5.74, 6) is 1.64. The number of aromatic nitrogens is 7. The molecule has 0 saturated carbocycles. The Morgan fingerprint density at radius 1 is 1.00 bits per heavy atom. The lowest BCUT2D eigenvalue weighted by Crippen LogP contribution is -2.15. The number of aromatic amines is 1. The van der Waals surface area contributed by atoms with E-state index in [1.54, 1.807) is 6.20 Å². The zero-order valence-corrected chi connectivity index (χ0v) is 17.4. The average Bonchev–Trinajstić information content (AvgIpc) is 3.51. The number of rotatable bonds is 6. The Balaban J connectivity index is 1.51. The molecule has 0 spiro atoms. The third-order valence-corrected chi connectivity index (χ3v) is 5.34. The Morgan fingerprint density at radius 3 is 2.55 bits per heavy atom. The first-order valence-electron chi connectivity index (χ1n) is 10.3. The van der Waals surface area contributed by atoms with Gasteiger partial charge in [-0.05, 0) is 40.1 Å². The molecule has 0 atom stereocenters. The molecule has 5 aromatic rings. The predicted octanol–water partition coefficient (Wildman–Crippen LogP) is 4.30. The molecule has 0 saturated heterocycles. The second-order valence-corrected chi connectivity index (χ2v) is 7.36. The van der Waals surface area contributed by atoms with Crippen molar-refractivity contribution in [2.75, 3.05) is 11.9 Å². The number of hydrogen-bond acceptors (Lipinski definition) is 6. The SMILES string of the molecule is CCCc1cc(N(C)c2ccc(-c3ccccc3-c3nnn[nH]3)cc2)n2nccc2n1. The molecule has 0 aliphatic carbocycles. The molecule has 154 valence electrons. The molecule has 0 radical (unpaired) electrons. The molecule has 0 fully saturated rings. The zero-order chi connectivity index (χ0) is 21.2. The van der Waals surface area contributed by atoms with Crippen molar-refractivity contribution in [3.05, 3.63) is 72.6 Å². The number of H-pyrrole nitrogens is 1. The Bertz CT molecular complexity index is 1310. The van der Waals surface area contributed by atoms with Crippen molar-refractivity contribution < 1.29 is 0 Å². The standard InChI is InChI=1S/C23H22N8/c1-3-6-17-15-22(31-21(25-17)13-14-24-31)30(2)18-11-9-16(10-12-18)19-7-4-5-8-20(19)23-26-28-29-27-23/h4-5,7-15H,3,6H2,1-2H3,(H,26,27,28,29). The summed E-state index contributed by atoms with van der Waals surface area (Å²) in [5.41, 5.74) is 6.12. The van der Waals surface area contributed by atoms with Crippen LogP contribution in [-0.4, -0.2) is 42.3 Å². The number of fused-ring (bicyclic) bond motifs is 1. The lowest BCUT2D eigenvalue weighted by Gasteiger charge is -2.21. The molecule has 31 heavy (non-hydrogen) atoms. The van der Waals surface area contributed by atoms with E-state index in [-0.39, 0.29) is 0 Å². The van der Waals surface area contributed by atoms with Crippen LogP contribution in [-0.2, 0) is 6.42 Å². The van der Waals surface area contributed by atoms with E-state index >= 15 is 0 Å². The van der Waals surface area contributed by atoms with E-state index in [2.05, 4.69) is 81.0 Å². The van der Waals surface area contributed by atoms with Crippen molar-refractivity contribution >= 4 is 17.2 Å². The van der Waals surface area contributed by atoms with Crippen LogP contribution in [0.4, 0.5) is 11.5 Å². The van der Waals surface area contributed by atoms with Crippen LogP contribution in [0, 0.1) is 0 Å². The van der Waals surface area contributed by atoms with Crippen LogP contribution >= 0.6 is 0 Å². The molecule has 0 unspecified atom stereocenters. The maximum atomic E-state index is 4.70. The largest absolute Gasteiger partial charge is 0.329 e. The van der Waals surface area contributed by atoms with Crippen molar-refractivity contribution in [3.8, 4) is 22.5 Å². The van der Waals surface area contributed by atoms with Gasteiger partial charge < -0.3 is 4.90 Å². The second kappa shape index (κ2) is 7.98. The normalized spacial score (nSPS) is 11.2. The molecule has 0 amide bonds. The summed E-state index contributed by atoms with van der Waals surface area (Å²) in [5, 5.41) is 18.8. The van der Waals surface area contributed by atoms with Crippen molar-refractivity contribution in [2.45, 2.75) is 19.8 Å². The van der Waals surface area contributed by atoms with Gasteiger partial charge in [-0.1, -0.05) is 49.7 Å². The van der Waals surface area contributed by atoms with Crippen LogP contribution in [0.25, 0.3) is 28.2 Å². The van der Waals surface area contributed by atoms with E-state index in [0.717, 1.165) is 52.4 Å². The fourth-order valence-electron chi connectivity index (χ4n) is 3.78. The number of nitrogens with one attached hydrogen (secondary N) is 1. The van der Waals surface area contributed by atoms with Gasteiger partial charge in [-0.3, -0.25) is 0 Å². The van der Waals surface area contributed by atoms with Crippen molar-refractivity contribution in [1.29, 1.82) is 0 Å². The van der Waals surface area contributed by atoms with Gasteiger partial charge in [0.05, 0.1) is 6.20 Å². The summed E-state index contributed by atoms with van der Waals surface area (Å²) in [6, 6.07) is 20.6. The van der Waals surface area contributed by atoms with Gasteiger partial charge in [0.15, 0.2) is 11.5 Å². The van der Waals surface area contributed by atoms with Crippen LogP contribution in [0.1, 0.15) is 19.0 Å². The highest BCUT2D eigenvalue weighted by molar-refractivity contribution is 5.81. The second-order valence-electron chi connectivity index (χ2n) is 7.36. The fraction of sp³-hybridized carbons (Fsp3) is 0.174. The molecule has 0 aliphatic heterocycles. The van der Waals surface area contributed by atoms with Crippen LogP contribution in [0.2, 0.25) is 0 Å². The predicted molar refractivity (Wildman–Crippen MR) is 120 cm³/mol. The lowest BCUT2D eigenvalue weighted by atomic mass is 9.99. The first-order chi connectivity index (χ1) is 15.2. The molecule has 3 heterocycles. The molecule has 2 aromatic carbocycles. The number of tetrazole rings is 1. The van der Waals surface area contributed by atoms with E-state index < -0.39 is 0 Å². The Morgan fingerprint density at radius 2 is 1.81 bits per heavy atom. The summed E-state index contributed by atoms with van der Waals surface area (Å²) in [6.07, 6.45) is 3.78. The van der Waals surface area contributed by atoms with E-state index in [9.17, 15) is 0 Å². The number of benzene rings is 2. The van der Waals surface area contributed by atoms with E-state index in [1.807, 2.05) is 28.8 Å². The molecule has 8 heteroatoms. The monoisotopic (exact) mass is 410 g/mol. The van der Waals surface area contributed by atoms with E-state index in [4.69, 9.17) is 4.98 Å². The number of hydrogen-bond donors (Lipinski definition) is 1. The molecule has 0 bridgehead atoms. The number of aryl methyl sites for hydroxylation is 1. The van der Waals surface area contributed by atoms with Crippen molar-refractivity contribution in [2.24, 2.45) is 0 Å². The quantitative estimate of drug-likeness (QED) is 0.449. The van der Waals surface area contributed by atoms with Gasteiger partial charge >= 0.3 is 0 Å².